The highest BCUT2D eigenvalue weighted by molar-refractivity contribution is 7.99. The highest BCUT2D eigenvalue weighted by Gasteiger charge is 2.15. The van der Waals surface area contributed by atoms with Gasteiger partial charge in [0.05, 0.1) is 0 Å². The van der Waals surface area contributed by atoms with Crippen LogP contribution in [0.15, 0.2) is 5.16 Å². The molecule has 0 radical (unpaired) electrons. The topological polar surface area (TPSA) is 51.8 Å². The van der Waals surface area contributed by atoms with E-state index < -0.39 is 0 Å². The average molecular weight is 215 g/mol. The van der Waals surface area contributed by atoms with Crippen molar-refractivity contribution in [3.05, 3.63) is 0 Å². The van der Waals surface area contributed by atoms with Crippen molar-refractivity contribution < 1.29 is 0 Å². The summed E-state index contributed by atoms with van der Waals surface area (Å²) in [6, 6.07) is 0. The van der Waals surface area contributed by atoms with Crippen molar-refractivity contribution in [3.8, 4) is 0 Å². The minimum Gasteiger partial charge on any atom is -0.374 e. The van der Waals surface area contributed by atoms with Crippen LogP contribution in [0, 0.1) is 5.92 Å². The predicted octanol–water partition coefficient (Wildman–Crippen LogP) is 2.40. The van der Waals surface area contributed by atoms with Gasteiger partial charge in [-0.1, -0.05) is 24.6 Å². The standard InChI is InChI=1S/C8H13N3S2/c9-7-10-8(11-13-7)12-5-6-3-1-2-4-6/h6H,1-5H2,(H2,9,10,11). The maximum Gasteiger partial charge on any atom is 0.202 e. The molecule has 1 saturated carbocycles. The zero-order valence-electron chi connectivity index (χ0n) is 7.40. The van der Waals surface area contributed by atoms with E-state index in [2.05, 4.69) is 9.36 Å². The van der Waals surface area contributed by atoms with Gasteiger partial charge in [0, 0.05) is 17.3 Å². The molecule has 0 aliphatic heterocycles. The molecule has 13 heavy (non-hydrogen) atoms. The van der Waals surface area contributed by atoms with E-state index in [1.165, 1.54) is 37.2 Å². The van der Waals surface area contributed by atoms with Gasteiger partial charge in [0.2, 0.25) is 10.3 Å². The van der Waals surface area contributed by atoms with Gasteiger partial charge < -0.3 is 5.73 Å². The fraction of sp³-hybridized carbons (Fsp3) is 0.750. The van der Waals surface area contributed by atoms with Crippen LogP contribution in [0.25, 0.3) is 0 Å². The zero-order valence-corrected chi connectivity index (χ0v) is 9.03. The van der Waals surface area contributed by atoms with Gasteiger partial charge in [-0.2, -0.15) is 9.36 Å². The first-order valence-electron chi connectivity index (χ1n) is 4.56. The number of rotatable bonds is 3. The van der Waals surface area contributed by atoms with Crippen LogP contribution in [0.5, 0.6) is 0 Å². The molecule has 1 aliphatic carbocycles. The normalized spacial score (nSPS) is 18.2. The molecule has 1 fully saturated rings. The Morgan fingerprint density at radius 3 is 2.85 bits per heavy atom. The fourth-order valence-corrected chi connectivity index (χ4v) is 3.25. The molecule has 0 bridgehead atoms. The van der Waals surface area contributed by atoms with Crippen molar-refractivity contribution in [3.63, 3.8) is 0 Å². The van der Waals surface area contributed by atoms with Crippen LogP contribution in [0.4, 0.5) is 5.13 Å². The van der Waals surface area contributed by atoms with Gasteiger partial charge in [0.1, 0.15) is 0 Å². The van der Waals surface area contributed by atoms with Crippen LogP contribution in [0.1, 0.15) is 25.7 Å². The Labute approximate surface area is 86.3 Å². The highest BCUT2D eigenvalue weighted by Crippen LogP contribution is 2.30. The van der Waals surface area contributed by atoms with Crippen LogP contribution in [0.3, 0.4) is 0 Å². The quantitative estimate of drug-likeness (QED) is 0.787. The summed E-state index contributed by atoms with van der Waals surface area (Å²) >= 11 is 3.03. The number of aromatic nitrogens is 2. The van der Waals surface area contributed by atoms with Crippen molar-refractivity contribution in [1.29, 1.82) is 0 Å². The van der Waals surface area contributed by atoms with E-state index in [1.807, 2.05) is 0 Å². The Morgan fingerprint density at radius 1 is 1.46 bits per heavy atom. The minimum absolute atomic E-state index is 0.578. The maximum absolute atomic E-state index is 5.49. The number of nitrogens with zero attached hydrogens (tertiary/aromatic N) is 2. The molecule has 2 N–H and O–H groups in total. The molecule has 2 rings (SSSR count). The molecule has 0 saturated heterocycles. The smallest absolute Gasteiger partial charge is 0.202 e. The van der Waals surface area contributed by atoms with Crippen molar-refractivity contribution in [2.24, 2.45) is 5.92 Å². The Morgan fingerprint density at radius 2 is 2.23 bits per heavy atom. The van der Waals surface area contributed by atoms with Crippen LogP contribution < -0.4 is 5.73 Å². The third kappa shape index (κ3) is 2.57. The monoisotopic (exact) mass is 215 g/mol. The van der Waals surface area contributed by atoms with Gasteiger partial charge in [-0.25, -0.2) is 0 Å². The minimum atomic E-state index is 0.578. The number of nitrogen functional groups attached to an aromatic ring is 1. The lowest BCUT2D eigenvalue weighted by atomic mass is 10.1. The van der Waals surface area contributed by atoms with Crippen LogP contribution >= 0.6 is 23.3 Å². The van der Waals surface area contributed by atoms with Gasteiger partial charge in [0.25, 0.3) is 0 Å². The molecule has 0 atom stereocenters. The summed E-state index contributed by atoms with van der Waals surface area (Å²) in [4.78, 5) is 4.12. The molecule has 1 aromatic rings. The zero-order chi connectivity index (χ0) is 9.10. The molecule has 5 heteroatoms. The number of thioether (sulfide) groups is 1. The molecule has 0 amide bonds. The Kier molecular flexibility index (Phi) is 3.05. The molecule has 0 aromatic carbocycles. The largest absolute Gasteiger partial charge is 0.374 e. The third-order valence-corrected chi connectivity index (χ3v) is 4.08. The van der Waals surface area contributed by atoms with Crippen LogP contribution in [-0.2, 0) is 0 Å². The molecule has 0 spiro atoms. The van der Waals surface area contributed by atoms with E-state index in [4.69, 9.17) is 5.73 Å². The lowest BCUT2D eigenvalue weighted by Gasteiger charge is -2.04. The average Bonchev–Trinajstić information content (AvgIpc) is 2.71. The molecule has 1 heterocycles. The second-order valence-corrected chi connectivity index (χ2v) is 5.15. The van der Waals surface area contributed by atoms with Crippen molar-refractivity contribution >= 4 is 28.4 Å². The molecule has 72 valence electrons. The molecular weight excluding hydrogens is 202 g/mol. The Hall–Kier alpha value is -0.290. The number of nitrogens with two attached hydrogens (primary N) is 1. The summed E-state index contributed by atoms with van der Waals surface area (Å²) in [6.45, 7) is 0. The van der Waals surface area contributed by atoms with Gasteiger partial charge >= 0.3 is 0 Å². The van der Waals surface area contributed by atoms with Gasteiger partial charge in [-0.15, -0.1) is 0 Å². The number of hydrogen-bond acceptors (Lipinski definition) is 5. The maximum atomic E-state index is 5.49. The summed E-state index contributed by atoms with van der Waals surface area (Å²) in [7, 11) is 0. The molecule has 0 unspecified atom stereocenters. The highest BCUT2D eigenvalue weighted by atomic mass is 32.2. The molecular formula is C8H13N3S2. The number of hydrogen-bond donors (Lipinski definition) is 1. The van der Waals surface area contributed by atoms with Crippen molar-refractivity contribution in [1.82, 2.24) is 9.36 Å². The van der Waals surface area contributed by atoms with Gasteiger partial charge in [0.15, 0.2) is 0 Å². The third-order valence-electron chi connectivity index (χ3n) is 2.35. The first-order valence-corrected chi connectivity index (χ1v) is 6.32. The molecule has 1 aliphatic rings. The first-order chi connectivity index (χ1) is 6.34. The first kappa shape index (κ1) is 9.27. The number of anilines is 1. The summed E-state index contributed by atoms with van der Waals surface area (Å²) in [5.74, 6) is 2.05. The predicted molar refractivity (Wildman–Crippen MR) is 57.0 cm³/mol. The van der Waals surface area contributed by atoms with Crippen LogP contribution in [0.2, 0.25) is 0 Å². The van der Waals surface area contributed by atoms with Crippen molar-refractivity contribution in [2.75, 3.05) is 11.5 Å². The van der Waals surface area contributed by atoms with Gasteiger partial charge in [-0.05, 0) is 18.8 Å². The Balaban J connectivity index is 1.78. The lowest BCUT2D eigenvalue weighted by Crippen LogP contribution is -1.96. The van der Waals surface area contributed by atoms with E-state index in [-0.39, 0.29) is 0 Å². The SMILES string of the molecule is Nc1nc(SCC2CCCC2)ns1. The van der Waals surface area contributed by atoms with E-state index in [9.17, 15) is 0 Å². The van der Waals surface area contributed by atoms with Crippen LogP contribution in [-0.4, -0.2) is 15.1 Å². The Bertz CT molecular complexity index is 268. The summed E-state index contributed by atoms with van der Waals surface area (Å²) in [5, 5.41) is 1.43. The van der Waals surface area contributed by atoms with E-state index in [1.54, 1.807) is 11.8 Å². The van der Waals surface area contributed by atoms with E-state index in [0.717, 1.165) is 16.8 Å². The lowest BCUT2D eigenvalue weighted by molar-refractivity contribution is 0.622. The van der Waals surface area contributed by atoms with E-state index >= 15 is 0 Å². The van der Waals surface area contributed by atoms with E-state index in [0.29, 0.717) is 5.13 Å². The molecule has 3 nitrogen and oxygen atoms in total. The second kappa shape index (κ2) is 4.28. The van der Waals surface area contributed by atoms with Crippen molar-refractivity contribution in [2.45, 2.75) is 30.8 Å². The summed E-state index contributed by atoms with van der Waals surface area (Å²) in [5.41, 5.74) is 5.49. The summed E-state index contributed by atoms with van der Waals surface area (Å²) in [6.07, 6.45) is 5.56. The molecule has 1 aromatic heterocycles. The second-order valence-electron chi connectivity index (χ2n) is 3.38. The fourth-order valence-electron chi connectivity index (χ4n) is 1.65. The van der Waals surface area contributed by atoms with Gasteiger partial charge in [-0.3, -0.25) is 0 Å². The summed E-state index contributed by atoms with van der Waals surface area (Å²) < 4.78 is 4.15.